The first-order valence-corrected chi connectivity index (χ1v) is 5.37. The summed E-state index contributed by atoms with van der Waals surface area (Å²) in [7, 11) is 0. The normalized spacial score (nSPS) is 11.1. The van der Waals surface area contributed by atoms with E-state index in [1.54, 1.807) is 0 Å². The Labute approximate surface area is 93.9 Å². The summed E-state index contributed by atoms with van der Waals surface area (Å²) in [6.45, 7) is 4.20. The summed E-state index contributed by atoms with van der Waals surface area (Å²) in [6, 6.07) is 12.5. The number of benzene rings is 2. The van der Waals surface area contributed by atoms with Crippen molar-refractivity contribution in [3.05, 3.63) is 47.5 Å². The van der Waals surface area contributed by atoms with Crippen LogP contribution in [0, 0.1) is 13.8 Å². The molecule has 3 rings (SSSR count). The van der Waals surface area contributed by atoms with E-state index in [1.807, 2.05) is 12.1 Å². The Hall–Kier alpha value is -1.96. The third kappa shape index (κ3) is 1.34. The summed E-state index contributed by atoms with van der Waals surface area (Å²) in [4.78, 5) is 0. The van der Waals surface area contributed by atoms with Crippen LogP contribution in [-0.4, -0.2) is 10.2 Å². The summed E-state index contributed by atoms with van der Waals surface area (Å²) in [5.74, 6) is 0. The fraction of sp³-hybridized carbons (Fsp3) is 0.143. The fourth-order valence-electron chi connectivity index (χ4n) is 2.01. The van der Waals surface area contributed by atoms with Crippen molar-refractivity contribution in [2.24, 2.45) is 0 Å². The highest BCUT2D eigenvalue weighted by Gasteiger charge is 2.03. The average Bonchev–Trinajstić information content (AvgIpc) is 2.29. The number of nitrogens with zero attached hydrogens (tertiary/aromatic N) is 2. The van der Waals surface area contributed by atoms with Gasteiger partial charge in [0.15, 0.2) is 0 Å². The Kier molecular flexibility index (Phi) is 1.90. The molecule has 0 aliphatic heterocycles. The molecule has 2 heteroatoms. The molecule has 1 heterocycles. The molecule has 0 aliphatic carbocycles. The minimum Gasteiger partial charge on any atom is -0.150 e. The maximum Gasteiger partial charge on any atom is 0.0936 e. The molecule has 16 heavy (non-hydrogen) atoms. The van der Waals surface area contributed by atoms with E-state index in [2.05, 4.69) is 48.3 Å². The first kappa shape index (κ1) is 9.28. The van der Waals surface area contributed by atoms with Gasteiger partial charge in [-0.3, -0.25) is 0 Å². The first-order chi connectivity index (χ1) is 7.74. The van der Waals surface area contributed by atoms with E-state index in [4.69, 9.17) is 0 Å². The Bertz CT molecular complexity index is 626. The first-order valence-electron chi connectivity index (χ1n) is 5.37. The molecule has 78 valence electrons. The third-order valence-corrected chi connectivity index (χ3v) is 2.86. The third-order valence-electron chi connectivity index (χ3n) is 2.86. The van der Waals surface area contributed by atoms with Gasteiger partial charge < -0.3 is 0 Å². The lowest BCUT2D eigenvalue weighted by Gasteiger charge is -2.03. The lowest BCUT2D eigenvalue weighted by molar-refractivity contribution is 1.12. The fourth-order valence-corrected chi connectivity index (χ4v) is 2.01. The van der Waals surface area contributed by atoms with E-state index in [0.29, 0.717) is 0 Å². The molecule has 0 saturated carbocycles. The van der Waals surface area contributed by atoms with Crippen molar-refractivity contribution in [2.45, 2.75) is 13.8 Å². The van der Waals surface area contributed by atoms with E-state index in [-0.39, 0.29) is 0 Å². The predicted octanol–water partition coefficient (Wildman–Crippen LogP) is 3.40. The van der Waals surface area contributed by atoms with Crippen molar-refractivity contribution in [1.82, 2.24) is 10.2 Å². The second kappa shape index (κ2) is 3.27. The van der Waals surface area contributed by atoms with Gasteiger partial charge in [-0.2, -0.15) is 0 Å². The van der Waals surface area contributed by atoms with Gasteiger partial charge in [0.2, 0.25) is 0 Å². The molecule has 2 nitrogen and oxygen atoms in total. The van der Waals surface area contributed by atoms with Crippen LogP contribution in [0.2, 0.25) is 0 Å². The second-order valence-corrected chi connectivity index (χ2v) is 4.24. The molecular formula is C14H12N2. The standard InChI is InChI=1S/C14H12N2/c1-9-3-5-13-11(7-9)12-8-10(2)4-6-14(12)16-15-13/h3-8H,1-2H3. The quantitative estimate of drug-likeness (QED) is 0.529. The van der Waals surface area contributed by atoms with Gasteiger partial charge in [-0.15, -0.1) is 10.2 Å². The molecular weight excluding hydrogens is 196 g/mol. The van der Waals surface area contributed by atoms with Crippen LogP contribution in [0.15, 0.2) is 36.4 Å². The predicted molar refractivity (Wildman–Crippen MR) is 66.5 cm³/mol. The smallest absolute Gasteiger partial charge is 0.0936 e. The van der Waals surface area contributed by atoms with Crippen molar-refractivity contribution in [3.8, 4) is 0 Å². The van der Waals surface area contributed by atoms with Gasteiger partial charge in [0.25, 0.3) is 0 Å². The van der Waals surface area contributed by atoms with Gasteiger partial charge in [-0.25, -0.2) is 0 Å². The second-order valence-electron chi connectivity index (χ2n) is 4.24. The molecule has 0 fully saturated rings. The van der Waals surface area contributed by atoms with Gasteiger partial charge in [-0.1, -0.05) is 23.3 Å². The largest absolute Gasteiger partial charge is 0.150 e. The molecule has 0 radical (unpaired) electrons. The van der Waals surface area contributed by atoms with Crippen LogP contribution < -0.4 is 0 Å². The van der Waals surface area contributed by atoms with Gasteiger partial charge in [0.05, 0.1) is 11.0 Å². The monoisotopic (exact) mass is 208 g/mol. The Morgan fingerprint density at radius 3 is 1.56 bits per heavy atom. The maximum atomic E-state index is 4.23. The summed E-state index contributed by atoms with van der Waals surface area (Å²) >= 11 is 0. The summed E-state index contributed by atoms with van der Waals surface area (Å²) < 4.78 is 0. The molecule has 0 amide bonds. The van der Waals surface area contributed by atoms with E-state index < -0.39 is 0 Å². The van der Waals surface area contributed by atoms with Gasteiger partial charge in [0, 0.05) is 10.8 Å². The number of aryl methyl sites for hydroxylation is 2. The minimum absolute atomic E-state index is 0.962. The van der Waals surface area contributed by atoms with E-state index in [1.165, 1.54) is 21.9 Å². The lowest BCUT2D eigenvalue weighted by atomic mass is 10.1. The molecule has 2 aromatic carbocycles. The number of aromatic nitrogens is 2. The summed E-state index contributed by atoms with van der Waals surface area (Å²) in [5, 5.41) is 10.8. The van der Waals surface area contributed by atoms with Gasteiger partial charge in [0.1, 0.15) is 0 Å². The van der Waals surface area contributed by atoms with Crippen molar-refractivity contribution >= 4 is 21.8 Å². The van der Waals surface area contributed by atoms with E-state index >= 15 is 0 Å². The number of fused-ring (bicyclic) bond motifs is 3. The van der Waals surface area contributed by atoms with E-state index in [9.17, 15) is 0 Å². The van der Waals surface area contributed by atoms with Crippen LogP contribution in [0.5, 0.6) is 0 Å². The molecule has 0 N–H and O–H groups in total. The topological polar surface area (TPSA) is 25.8 Å². The molecule has 0 atom stereocenters. The van der Waals surface area contributed by atoms with Crippen molar-refractivity contribution in [1.29, 1.82) is 0 Å². The Morgan fingerprint density at radius 2 is 1.12 bits per heavy atom. The molecule has 1 aromatic heterocycles. The highest BCUT2D eigenvalue weighted by molar-refractivity contribution is 6.03. The van der Waals surface area contributed by atoms with Crippen molar-refractivity contribution in [2.75, 3.05) is 0 Å². The molecule has 0 aliphatic rings. The van der Waals surface area contributed by atoms with E-state index in [0.717, 1.165) is 11.0 Å². The molecule has 0 saturated heterocycles. The zero-order valence-corrected chi connectivity index (χ0v) is 9.36. The minimum atomic E-state index is 0.962. The Morgan fingerprint density at radius 1 is 0.688 bits per heavy atom. The highest BCUT2D eigenvalue weighted by atomic mass is 15.1. The SMILES string of the molecule is Cc1ccc2nnc3ccc(C)cc3c2c1. The molecule has 0 unspecified atom stereocenters. The average molecular weight is 208 g/mol. The molecule has 0 spiro atoms. The van der Waals surface area contributed by atoms with Crippen LogP contribution in [0.1, 0.15) is 11.1 Å². The number of hydrogen-bond donors (Lipinski definition) is 0. The maximum absolute atomic E-state index is 4.23. The lowest BCUT2D eigenvalue weighted by Crippen LogP contribution is -1.88. The zero-order valence-electron chi connectivity index (χ0n) is 9.36. The van der Waals surface area contributed by atoms with Crippen LogP contribution in [0.3, 0.4) is 0 Å². The highest BCUT2D eigenvalue weighted by Crippen LogP contribution is 2.23. The van der Waals surface area contributed by atoms with Crippen LogP contribution in [0.4, 0.5) is 0 Å². The van der Waals surface area contributed by atoms with Crippen LogP contribution in [-0.2, 0) is 0 Å². The number of hydrogen-bond acceptors (Lipinski definition) is 2. The van der Waals surface area contributed by atoms with Crippen LogP contribution in [0.25, 0.3) is 21.8 Å². The van der Waals surface area contributed by atoms with Gasteiger partial charge >= 0.3 is 0 Å². The van der Waals surface area contributed by atoms with Crippen molar-refractivity contribution in [3.63, 3.8) is 0 Å². The summed E-state index contributed by atoms with van der Waals surface area (Å²) in [5.41, 5.74) is 4.43. The molecule has 3 aromatic rings. The Balaban J connectivity index is 2.55. The number of rotatable bonds is 0. The van der Waals surface area contributed by atoms with Crippen molar-refractivity contribution < 1.29 is 0 Å². The van der Waals surface area contributed by atoms with Gasteiger partial charge in [-0.05, 0) is 38.1 Å². The summed E-state index contributed by atoms with van der Waals surface area (Å²) in [6.07, 6.45) is 0. The molecule has 0 bridgehead atoms. The van der Waals surface area contributed by atoms with Crippen LogP contribution >= 0.6 is 0 Å². The zero-order chi connectivity index (χ0) is 11.1.